The van der Waals surface area contributed by atoms with E-state index in [1.165, 1.54) is 5.56 Å². The average molecular weight is 370 g/mol. The predicted octanol–water partition coefficient (Wildman–Crippen LogP) is 5.85. The van der Waals surface area contributed by atoms with Crippen molar-refractivity contribution in [3.8, 4) is 17.4 Å². The molecule has 27 heavy (non-hydrogen) atoms. The van der Waals surface area contributed by atoms with Crippen LogP contribution in [0.5, 0.6) is 17.4 Å². The minimum absolute atomic E-state index is 0.0996. The largest absolute Gasteiger partial charge is 0.475 e. The maximum Gasteiger partial charge on any atom is 0.213 e. The highest BCUT2D eigenvalue weighted by Gasteiger charge is 2.15. The zero-order valence-corrected chi connectivity index (χ0v) is 17.1. The molecule has 0 amide bonds. The van der Waals surface area contributed by atoms with Crippen LogP contribution in [0.2, 0.25) is 0 Å². The van der Waals surface area contributed by atoms with E-state index in [2.05, 4.69) is 31.0 Å². The van der Waals surface area contributed by atoms with Gasteiger partial charge >= 0.3 is 0 Å². The molecule has 0 bridgehead atoms. The summed E-state index contributed by atoms with van der Waals surface area (Å²) in [5.74, 6) is 3.29. The van der Waals surface area contributed by atoms with Crippen molar-refractivity contribution >= 4 is 5.78 Å². The van der Waals surface area contributed by atoms with Crippen molar-refractivity contribution in [2.45, 2.75) is 60.0 Å². The van der Waals surface area contributed by atoms with Crippen LogP contribution in [0.4, 0.5) is 0 Å². The summed E-state index contributed by atoms with van der Waals surface area (Å²) in [6.07, 6.45) is 4.43. The SMILES string of the molecule is CC(=O)C[C@@H](CCc1ccc(Oc2ccc(OC(C)C)nc2)cc1)C(C)C. The number of rotatable bonds is 10. The van der Waals surface area contributed by atoms with Gasteiger partial charge in [-0.2, -0.15) is 0 Å². The molecule has 4 heteroatoms. The third-order valence-corrected chi connectivity index (χ3v) is 4.52. The molecule has 4 nitrogen and oxygen atoms in total. The maximum atomic E-state index is 11.4. The van der Waals surface area contributed by atoms with Crippen LogP contribution in [-0.2, 0) is 11.2 Å². The molecule has 2 aromatic rings. The van der Waals surface area contributed by atoms with Gasteiger partial charge in [0.05, 0.1) is 12.3 Å². The van der Waals surface area contributed by atoms with Crippen molar-refractivity contribution in [1.82, 2.24) is 4.98 Å². The van der Waals surface area contributed by atoms with Crippen LogP contribution in [0, 0.1) is 11.8 Å². The van der Waals surface area contributed by atoms with E-state index in [0.717, 1.165) is 18.6 Å². The number of hydrogen-bond donors (Lipinski definition) is 0. The highest BCUT2D eigenvalue weighted by atomic mass is 16.5. The summed E-state index contributed by atoms with van der Waals surface area (Å²) in [5.41, 5.74) is 1.26. The lowest BCUT2D eigenvalue weighted by Gasteiger charge is -2.19. The smallest absolute Gasteiger partial charge is 0.213 e. The number of pyridine rings is 1. The van der Waals surface area contributed by atoms with Crippen LogP contribution in [0.25, 0.3) is 0 Å². The fourth-order valence-electron chi connectivity index (χ4n) is 2.99. The van der Waals surface area contributed by atoms with Crippen molar-refractivity contribution < 1.29 is 14.3 Å². The molecule has 1 aromatic heterocycles. The van der Waals surface area contributed by atoms with Gasteiger partial charge in [0.2, 0.25) is 5.88 Å². The lowest BCUT2D eigenvalue weighted by atomic mass is 9.86. The monoisotopic (exact) mass is 369 g/mol. The van der Waals surface area contributed by atoms with Crippen molar-refractivity contribution in [2.24, 2.45) is 11.8 Å². The van der Waals surface area contributed by atoms with Crippen molar-refractivity contribution in [1.29, 1.82) is 0 Å². The first-order valence-electron chi connectivity index (χ1n) is 9.72. The van der Waals surface area contributed by atoms with E-state index in [1.54, 1.807) is 13.1 Å². The second-order valence-electron chi connectivity index (χ2n) is 7.69. The molecule has 0 saturated carbocycles. The molecule has 0 unspecified atom stereocenters. The number of ether oxygens (including phenoxy) is 2. The molecule has 1 atom stereocenters. The predicted molar refractivity (Wildman–Crippen MR) is 108 cm³/mol. The summed E-state index contributed by atoms with van der Waals surface area (Å²) in [4.78, 5) is 15.7. The zero-order valence-electron chi connectivity index (χ0n) is 17.1. The fraction of sp³-hybridized carbons (Fsp3) is 0.478. The number of hydrogen-bond acceptors (Lipinski definition) is 4. The Labute approximate surface area is 162 Å². The minimum atomic E-state index is 0.0996. The van der Waals surface area contributed by atoms with Crippen LogP contribution in [0.15, 0.2) is 42.6 Å². The highest BCUT2D eigenvalue weighted by molar-refractivity contribution is 5.75. The van der Waals surface area contributed by atoms with Crippen molar-refractivity contribution in [2.75, 3.05) is 0 Å². The minimum Gasteiger partial charge on any atom is -0.475 e. The average Bonchev–Trinajstić information content (AvgIpc) is 2.60. The lowest BCUT2D eigenvalue weighted by Crippen LogP contribution is -2.13. The molecule has 0 aliphatic heterocycles. The van der Waals surface area contributed by atoms with Crippen LogP contribution in [0.3, 0.4) is 0 Å². The van der Waals surface area contributed by atoms with E-state index in [4.69, 9.17) is 9.47 Å². The first-order chi connectivity index (χ1) is 12.8. The van der Waals surface area contributed by atoms with Gasteiger partial charge in [0.15, 0.2) is 0 Å². The van der Waals surface area contributed by atoms with Crippen molar-refractivity contribution in [3.05, 3.63) is 48.2 Å². The van der Waals surface area contributed by atoms with Crippen LogP contribution < -0.4 is 9.47 Å². The van der Waals surface area contributed by atoms with Gasteiger partial charge in [-0.05, 0) is 69.2 Å². The standard InChI is InChI=1S/C23H31NO3/c1-16(2)20(14-18(5)25)9-6-19-7-10-21(11-8-19)27-22-12-13-23(24-15-22)26-17(3)4/h7-8,10-13,15-17,20H,6,9,14H2,1-5H3/t20-/m1/s1. The molecule has 0 aliphatic rings. The van der Waals surface area contributed by atoms with Gasteiger partial charge in [-0.3, -0.25) is 0 Å². The molecule has 2 rings (SSSR count). The molecule has 0 fully saturated rings. The molecule has 0 aliphatic carbocycles. The van der Waals surface area contributed by atoms with E-state index in [-0.39, 0.29) is 11.9 Å². The van der Waals surface area contributed by atoms with E-state index in [9.17, 15) is 4.79 Å². The van der Waals surface area contributed by atoms with E-state index in [1.807, 2.05) is 38.1 Å². The Kier molecular flexibility index (Phi) is 7.83. The van der Waals surface area contributed by atoms with Gasteiger partial charge in [-0.1, -0.05) is 26.0 Å². The summed E-state index contributed by atoms with van der Waals surface area (Å²) >= 11 is 0. The normalized spacial score (nSPS) is 12.3. The molecular weight excluding hydrogens is 338 g/mol. The first kappa shape index (κ1) is 20.9. The highest BCUT2D eigenvalue weighted by Crippen LogP contribution is 2.25. The third-order valence-electron chi connectivity index (χ3n) is 4.52. The van der Waals surface area contributed by atoms with Gasteiger partial charge in [0.1, 0.15) is 17.3 Å². The first-order valence-corrected chi connectivity index (χ1v) is 9.72. The van der Waals surface area contributed by atoms with Gasteiger partial charge in [0.25, 0.3) is 0 Å². The number of carbonyl (C=O) groups excluding carboxylic acids is 1. The van der Waals surface area contributed by atoms with E-state index >= 15 is 0 Å². The quantitative estimate of drug-likeness (QED) is 0.527. The molecule has 1 aromatic carbocycles. The summed E-state index contributed by atoms with van der Waals surface area (Å²) in [7, 11) is 0. The van der Waals surface area contributed by atoms with Gasteiger partial charge in [-0.25, -0.2) is 4.98 Å². The summed E-state index contributed by atoms with van der Waals surface area (Å²) in [6.45, 7) is 10.00. The summed E-state index contributed by atoms with van der Waals surface area (Å²) in [5, 5.41) is 0. The van der Waals surface area contributed by atoms with Crippen molar-refractivity contribution in [3.63, 3.8) is 0 Å². The summed E-state index contributed by atoms with van der Waals surface area (Å²) < 4.78 is 11.4. The Balaban J connectivity index is 1.90. The Hall–Kier alpha value is -2.36. The van der Waals surface area contributed by atoms with E-state index < -0.39 is 0 Å². The molecule has 146 valence electrons. The number of ketones is 1. The molecule has 0 saturated heterocycles. The molecule has 1 heterocycles. The number of aryl methyl sites for hydroxylation is 1. The Morgan fingerprint density at radius 3 is 2.19 bits per heavy atom. The molecule has 0 N–H and O–H groups in total. The Morgan fingerprint density at radius 1 is 1.00 bits per heavy atom. The van der Waals surface area contributed by atoms with Gasteiger partial charge in [-0.15, -0.1) is 0 Å². The Bertz CT molecular complexity index is 705. The topological polar surface area (TPSA) is 48.4 Å². The zero-order chi connectivity index (χ0) is 19.8. The number of nitrogens with zero attached hydrogens (tertiary/aromatic N) is 1. The molecule has 0 spiro atoms. The van der Waals surface area contributed by atoms with E-state index in [0.29, 0.717) is 29.9 Å². The number of benzene rings is 1. The second kappa shape index (κ2) is 10.1. The number of carbonyl (C=O) groups is 1. The summed E-state index contributed by atoms with van der Waals surface area (Å²) in [6, 6.07) is 11.8. The fourth-order valence-corrected chi connectivity index (χ4v) is 2.99. The number of Topliss-reactive ketones (excluding diaryl/α,β-unsaturated/α-hetero) is 1. The maximum absolute atomic E-state index is 11.4. The lowest BCUT2D eigenvalue weighted by molar-refractivity contribution is -0.118. The van der Waals surface area contributed by atoms with Gasteiger partial charge in [0, 0.05) is 12.5 Å². The molecule has 0 radical (unpaired) electrons. The molecular formula is C23H31NO3. The third kappa shape index (κ3) is 7.41. The van der Waals surface area contributed by atoms with Crippen LogP contribution >= 0.6 is 0 Å². The van der Waals surface area contributed by atoms with Crippen LogP contribution in [-0.4, -0.2) is 16.9 Å². The second-order valence-corrected chi connectivity index (χ2v) is 7.69. The van der Waals surface area contributed by atoms with Crippen LogP contribution in [0.1, 0.15) is 53.0 Å². The number of aromatic nitrogens is 1. The Morgan fingerprint density at radius 2 is 1.67 bits per heavy atom. The van der Waals surface area contributed by atoms with Gasteiger partial charge < -0.3 is 14.3 Å².